The first-order valence-corrected chi connectivity index (χ1v) is 15.5. The second-order valence-corrected chi connectivity index (χ2v) is 12.9. The highest BCUT2D eigenvalue weighted by molar-refractivity contribution is 6.25. The Bertz CT molecular complexity index is 2610. The van der Waals surface area contributed by atoms with Crippen LogP contribution in [0.2, 0.25) is 0 Å². The van der Waals surface area contributed by atoms with Crippen molar-refractivity contribution < 1.29 is 0 Å². The molecule has 44 heavy (non-hydrogen) atoms. The van der Waals surface area contributed by atoms with Crippen LogP contribution in [0.4, 0.5) is 0 Å². The van der Waals surface area contributed by atoms with Crippen LogP contribution in [-0.2, 0) is 5.41 Å². The SMILES string of the molecule is CC1(C)c2ccccc2-c2c1ccc1c2c2ccccc2n1-c1cccc(-c2ccc3ccc4cccc5ccc2c3c45)c1. The van der Waals surface area contributed by atoms with Crippen LogP contribution >= 0.6 is 0 Å². The summed E-state index contributed by atoms with van der Waals surface area (Å²) in [6.07, 6.45) is 0. The minimum atomic E-state index is -0.0295. The summed E-state index contributed by atoms with van der Waals surface area (Å²) >= 11 is 0. The quantitative estimate of drug-likeness (QED) is 0.186. The van der Waals surface area contributed by atoms with Gasteiger partial charge < -0.3 is 4.57 Å². The van der Waals surface area contributed by atoms with Crippen LogP contribution in [0.15, 0.2) is 140 Å². The van der Waals surface area contributed by atoms with E-state index in [-0.39, 0.29) is 5.41 Å². The van der Waals surface area contributed by atoms with Crippen molar-refractivity contribution in [1.29, 1.82) is 0 Å². The van der Waals surface area contributed by atoms with E-state index in [9.17, 15) is 0 Å². The predicted molar refractivity (Wildman–Crippen MR) is 187 cm³/mol. The Morgan fingerprint density at radius 3 is 2.07 bits per heavy atom. The van der Waals surface area contributed by atoms with Crippen molar-refractivity contribution in [3.8, 4) is 27.9 Å². The molecule has 1 heteroatoms. The molecule has 206 valence electrons. The lowest BCUT2D eigenvalue weighted by atomic mass is 9.82. The van der Waals surface area contributed by atoms with Gasteiger partial charge in [0.25, 0.3) is 0 Å². The molecule has 1 aliphatic carbocycles. The van der Waals surface area contributed by atoms with Crippen molar-refractivity contribution >= 4 is 54.1 Å². The van der Waals surface area contributed by atoms with Gasteiger partial charge in [-0.15, -0.1) is 0 Å². The van der Waals surface area contributed by atoms with E-state index in [1.807, 2.05) is 0 Å². The molecule has 0 saturated carbocycles. The smallest absolute Gasteiger partial charge is 0.0547 e. The van der Waals surface area contributed by atoms with Gasteiger partial charge in [0.2, 0.25) is 0 Å². The minimum Gasteiger partial charge on any atom is -0.309 e. The second-order valence-electron chi connectivity index (χ2n) is 12.9. The monoisotopic (exact) mass is 559 g/mol. The number of nitrogens with zero attached hydrogens (tertiary/aromatic N) is 1. The lowest BCUT2D eigenvalue weighted by Gasteiger charge is -2.21. The highest BCUT2D eigenvalue weighted by atomic mass is 15.0. The highest BCUT2D eigenvalue weighted by Crippen LogP contribution is 2.53. The van der Waals surface area contributed by atoms with E-state index in [2.05, 4.69) is 158 Å². The van der Waals surface area contributed by atoms with Gasteiger partial charge in [-0.05, 0) is 90.0 Å². The fraction of sp³-hybridized carbons (Fsp3) is 0.0698. The highest BCUT2D eigenvalue weighted by Gasteiger charge is 2.37. The topological polar surface area (TPSA) is 4.93 Å². The van der Waals surface area contributed by atoms with Crippen LogP contribution in [0.3, 0.4) is 0 Å². The third-order valence-electron chi connectivity index (χ3n) is 10.3. The number of para-hydroxylation sites is 1. The molecule has 9 aromatic rings. The summed E-state index contributed by atoms with van der Waals surface area (Å²) in [6, 6.07) is 52.1. The molecular weight excluding hydrogens is 530 g/mol. The molecule has 0 amide bonds. The first-order chi connectivity index (χ1) is 21.6. The molecule has 10 rings (SSSR count). The van der Waals surface area contributed by atoms with Gasteiger partial charge in [0.15, 0.2) is 0 Å². The van der Waals surface area contributed by atoms with Gasteiger partial charge in [0.1, 0.15) is 0 Å². The van der Waals surface area contributed by atoms with E-state index < -0.39 is 0 Å². The Balaban J connectivity index is 1.25. The maximum Gasteiger partial charge on any atom is 0.0547 e. The molecule has 0 aliphatic heterocycles. The zero-order valence-electron chi connectivity index (χ0n) is 24.7. The van der Waals surface area contributed by atoms with E-state index in [1.54, 1.807) is 0 Å². The number of hydrogen-bond donors (Lipinski definition) is 0. The summed E-state index contributed by atoms with van der Waals surface area (Å²) in [5, 5.41) is 10.6. The molecule has 8 aromatic carbocycles. The molecule has 1 nitrogen and oxygen atoms in total. The van der Waals surface area contributed by atoms with Crippen molar-refractivity contribution in [3.63, 3.8) is 0 Å². The summed E-state index contributed by atoms with van der Waals surface area (Å²) < 4.78 is 2.47. The van der Waals surface area contributed by atoms with Crippen LogP contribution in [0.25, 0.3) is 82.1 Å². The zero-order chi connectivity index (χ0) is 29.2. The third kappa shape index (κ3) is 2.99. The van der Waals surface area contributed by atoms with Gasteiger partial charge in [0, 0.05) is 21.9 Å². The van der Waals surface area contributed by atoms with Crippen molar-refractivity contribution in [2.75, 3.05) is 0 Å². The second kappa shape index (κ2) is 8.36. The largest absolute Gasteiger partial charge is 0.309 e. The van der Waals surface area contributed by atoms with Gasteiger partial charge in [-0.25, -0.2) is 0 Å². The van der Waals surface area contributed by atoms with Crippen molar-refractivity contribution in [3.05, 3.63) is 151 Å². The van der Waals surface area contributed by atoms with Crippen LogP contribution in [0.5, 0.6) is 0 Å². The molecule has 0 N–H and O–H groups in total. The summed E-state index contributed by atoms with van der Waals surface area (Å²) in [5.74, 6) is 0. The summed E-state index contributed by atoms with van der Waals surface area (Å²) in [6.45, 7) is 4.73. The van der Waals surface area contributed by atoms with Crippen LogP contribution < -0.4 is 0 Å². The van der Waals surface area contributed by atoms with Gasteiger partial charge in [0.05, 0.1) is 11.0 Å². The molecule has 0 bridgehead atoms. The maximum absolute atomic E-state index is 2.47. The molecular formula is C43H29N. The molecule has 0 atom stereocenters. The number of fused-ring (bicyclic) bond motifs is 7. The normalized spacial score (nSPS) is 13.9. The summed E-state index contributed by atoms with van der Waals surface area (Å²) in [5.41, 5.74) is 11.7. The number of benzene rings is 8. The number of aromatic nitrogens is 1. The lowest BCUT2D eigenvalue weighted by molar-refractivity contribution is 0.661. The summed E-state index contributed by atoms with van der Waals surface area (Å²) in [4.78, 5) is 0. The van der Waals surface area contributed by atoms with Crippen molar-refractivity contribution in [2.45, 2.75) is 19.3 Å². The van der Waals surface area contributed by atoms with Crippen LogP contribution in [0.1, 0.15) is 25.0 Å². The van der Waals surface area contributed by atoms with E-state index in [0.29, 0.717) is 0 Å². The average Bonchev–Trinajstić information content (AvgIpc) is 3.52. The minimum absolute atomic E-state index is 0.0295. The number of hydrogen-bond acceptors (Lipinski definition) is 0. The lowest BCUT2D eigenvalue weighted by Crippen LogP contribution is -2.14. The maximum atomic E-state index is 2.47. The van der Waals surface area contributed by atoms with E-state index >= 15 is 0 Å². The van der Waals surface area contributed by atoms with Crippen molar-refractivity contribution in [2.24, 2.45) is 0 Å². The van der Waals surface area contributed by atoms with E-state index in [1.165, 1.54) is 93.2 Å². The Morgan fingerprint density at radius 1 is 0.455 bits per heavy atom. The van der Waals surface area contributed by atoms with Crippen LogP contribution in [0, 0.1) is 0 Å². The zero-order valence-corrected chi connectivity index (χ0v) is 24.7. The molecule has 0 saturated heterocycles. The average molecular weight is 560 g/mol. The predicted octanol–water partition coefficient (Wildman–Crippen LogP) is 11.7. The fourth-order valence-corrected chi connectivity index (χ4v) is 8.33. The summed E-state index contributed by atoms with van der Waals surface area (Å²) in [7, 11) is 0. The molecule has 0 radical (unpaired) electrons. The van der Waals surface area contributed by atoms with Gasteiger partial charge >= 0.3 is 0 Å². The molecule has 1 heterocycles. The van der Waals surface area contributed by atoms with Gasteiger partial charge in [-0.1, -0.05) is 129 Å². The first-order valence-electron chi connectivity index (χ1n) is 15.5. The third-order valence-corrected chi connectivity index (χ3v) is 10.3. The standard InChI is InChI=1S/C43H29N/c1-43(2)35-15-5-3-13-33(35)41-36(43)23-24-38-42(41)34-14-4-6-16-37(34)44(38)30-12-8-11-29(25-30)31-21-19-28-18-17-26-9-7-10-27-20-22-32(31)40(28)39(26)27/h3-25H,1-2H3. The molecule has 0 unspecified atom stereocenters. The Kier molecular flexibility index (Phi) is 4.58. The Morgan fingerprint density at radius 2 is 1.18 bits per heavy atom. The van der Waals surface area contributed by atoms with Gasteiger partial charge in [-0.2, -0.15) is 0 Å². The molecule has 1 aromatic heterocycles. The molecule has 0 spiro atoms. The first kappa shape index (κ1) is 24.1. The fourth-order valence-electron chi connectivity index (χ4n) is 8.33. The Labute approximate surface area is 255 Å². The van der Waals surface area contributed by atoms with E-state index in [0.717, 1.165) is 0 Å². The number of rotatable bonds is 2. The molecule has 1 aliphatic rings. The van der Waals surface area contributed by atoms with Crippen molar-refractivity contribution in [1.82, 2.24) is 4.57 Å². The Hall–Kier alpha value is -5.40. The van der Waals surface area contributed by atoms with Crippen LogP contribution in [-0.4, -0.2) is 4.57 Å². The van der Waals surface area contributed by atoms with E-state index in [4.69, 9.17) is 0 Å². The molecule has 0 fully saturated rings. The van der Waals surface area contributed by atoms with Gasteiger partial charge in [-0.3, -0.25) is 0 Å².